The molecule has 0 unspecified atom stereocenters. The number of fused-ring (bicyclic) bond motifs is 2. The number of imidazole rings is 1. The van der Waals surface area contributed by atoms with Crippen LogP contribution >= 0.6 is 0 Å². The number of carbonyl (C=O) groups is 1. The van der Waals surface area contributed by atoms with Crippen molar-refractivity contribution in [3.05, 3.63) is 64.1 Å². The Bertz CT molecular complexity index is 998. The molecule has 3 aromatic rings. The van der Waals surface area contributed by atoms with Crippen molar-refractivity contribution in [1.29, 1.82) is 0 Å². The summed E-state index contributed by atoms with van der Waals surface area (Å²) in [6, 6.07) is 13.2. The van der Waals surface area contributed by atoms with E-state index in [-0.39, 0.29) is 12.2 Å². The molecule has 0 spiro atoms. The zero-order valence-electron chi connectivity index (χ0n) is 13.5. The Morgan fingerprint density at radius 3 is 2.67 bits per heavy atom. The molecule has 0 atom stereocenters. The van der Waals surface area contributed by atoms with Crippen molar-refractivity contribution in [2.24, 2.45) is 7.05 Å². The highest BCUT2D eigenvalue weighted by molar-refractivity contribution is 5.79. The Hall–Kier alpha value is -2.82. The Morgan fingerprint density at radius 1 is 1.08 bits per heavy atom. The van der Waals surface area contributed by atoms with E-state index >= 15 is 0 Å². The highest BCUT2D eigenvalue weighted by atomic mass is 16.5. The minimum Gasteiger partial charge on any atom is -0.425 e. The summed E-state index contributed by atoms with van der Waals surface area (Å²) in [7, 11) is 1.70. The maximum Gasteiger partial charge on any atom is 0.331 e. The minimum atomic E-state index is -0.439. The van der Waals surface area contributed by atoms with Gasteiger partial charge in [-0.3, -0.25) is 9.13 Å². The van der Waals surface area contributed by atoms with Gasteiger partial charge in [-0.15, -0.1) is 0 Å². The maximum atomic E-state index is 12.3. The molecule has 24 heavy (non-hydrogen) atoms. The lowest BCUT2D eigenvalue weighted by Crippen LogP contribution is -2.27. The van der Waals surface area contributed by atoms with Crippen molar-refractivity contribution in [3.63, 3.8) is 0 Å². The van der Waals surface area contributed by atoms with Gasteiger partial charge in [0.2, 0.25) is 0 Å². The first kappa shape index (κ1) is 14.8. The van der Waals surface area contributed by atoms with Gasteiger partial charge in [-0.2, -0.15) is 0 Å². The van der Waals surface area contributed by atoms with E-state index in [9.17, 15) is 9.59 Å². The summed E-state index contributed by atoms with van der Waals surface area (Å²) in [5, 5.41) is 0. The number of hydrogen-bond donors (Lipinski definition) is 0. The monoisotopic (exact) mass is 322 g/mol. The summed E-state index contributed by atoms with van der Waals surface area (Å²) in [4.78, 5) is 24.6. The SMILES string of the molecule is Cn1c(=O)n(CC(=O)Oc2ccc3c(c2)CCC3)c2ccccc21. The van der Waals surface area contributed by atoms with Crippen molar-refractivity contribution < 1.29 is 9.53 Å². The molecule has 0 saturated carbocycles. The number of benzene rings is 2. The fraction of sp³-hybridized carbons (Fsp3) is 0.263. The first-order valence-corrected chi connectivity index (χ1v) is 8.10. The third-order valence-corrected chi connectivity index (χ3v) is 4.64. The topological polar surface area (TPSA) is 53.2 Å². The van der Waals surface area contributed by atoms with Crippen LogP contribution in [0.4, 0.5) is 0 Å². The van der Waals surface area contributed by atoms with Gasteiger partial charge in [0, 0.05) is 7.05 Å². The fourth-order valence-electron chi connectivity index (χ4n) is 3.42. The van der Waals surface area contributed by atoms with E-state index in [4.69, 9.17) is 4.74 Å². The molecule has 2 aromatic carbocycles. The molecule has 0 aliphatic heterocycles. The number of aryl methyl sites for hydroxylation is 3. The van der Waals surface area contributed by atoms with Gasteiger partial charge in [0.1, 0.15) is 12.3 Å². The van der Waals surface area contributed by atoms with Gasteiger partial charge in [-0.1, -0.05) is 18.2 Å². The van der Waals surface area contributed by atoms with Crippen LogP contribution in [-0.2, 0) is 31.2 Å². The quantitative estimate of drug-likeness (QED) is 0.550. The highest BCUT2D eigenvalue weighted by Crippen LogP contribution is 2.26. The summed E-state index contributed by atoms with van der Waals surface area (Å²) >= 11 is 0. The standard InChI is InChI=1S/C19H18N2O3/c1-20-16-7-2-3-8-17(16)21(19(20)23)12-18(22)24-15-10-9-13-5-4-6-14(13)11-15/h2-3,7-11H,4-6,12H2,1H3. The number of hydrogen-bond acceptors (Lipinski definition) is 3. The van der Waals surface area contributed by atoms with Gasteiger partial charge < -0.3 is 4.74 Å². The van der Waals surface area contributed by atoms with Gasteiger partial charge in [-0.25, -0.2) is 9.59 Å². The van der Waals surface area contributed by atoms with Crippen LogP contribution in [0.1, 0.15) is 17.5 Å². The number of carbonyl (C=O) groups excluding carboxylic acids is 1. The van der Waals surface area contributed by atoms with Gasteiger partial charge in [0.05, 0.1) is 11.0 Å². The highest BCUT2D eigenvalue weighted by Gasteiger charge is 2.16. The van der Waals surface area contributed by atoms with Crippen molar-refractivity contribution in [2.75, 3.05) is 0 Å². The minimum absolute atomic E-state index is 0.0999. The van der Waals surface area contributed by atoms with Crippen LogP contribution < -0.4 is 10.4 Å². The molecule has 1 heterocycles. The summed E-state index contributed by atoms with van der Waals surface area (Å²) in [5.74, 6) is 0.111. The van der Waals surface area contributed by atoms with E-state index in [1.165, 1.54) is 20.3 Å². The largest absolute Gasteiger partial charge is 0.425 e. The molecule has 122 valence electrons. The average Bonchev–Trinajstić information content (AvgIpc) is 3.14. The molecule has 4 rings (SSSR count). The number of ether oxygens (including phenoxy) is 1. The smallest absolute Gasteiger partial charge is 0.331 e. The van der Waals surface area contributed by atoms with E-state index < -0.39 is 5.97 Å². The van der Waals surface area contributed by atoms with Gasteiger partial charge >= 0.3 is 11.7 Å². The molecule has 1 aliphatic rings. The molecule has 0 saturated heterocycles. The van der Waals surface area contributed by atoms with Crippen LogP contribution in [0, 0.1) is 0 Å². The second kappa shape index (κ2) is 5.67. The van der Waals surface area contributed by atoms with Crippen LogP contribution in [0.2, 0.25) is 0 Å². The lowest BCUT2D eigenvalue weighted by molar-refractivity contribution is -0.135. The normalized spacial score (nSPS) is 13.2. The van der Waals surface area contributed by atoms with Gasteiger partial charge in [0.15, 0.2) is 0 Å². The number of aromatic nitrogens is 2. The lowest BCUT2D eigenvalue weighted by atomic mass is 10.1. The molecular weight excluding hydrogens is 304 g/mol. The van der Waals surface area contributed by atoms with E-state index in [1.54, 1.807) is 7.05 Å². The van der Waals surface area contributed by atoms with E-state index in [1.807, 2.05) is 42.5 Å². The molecular formula is C19H18N2O3. The Kier molecular flexibility index (Phi) is 3.49. The summed E-state index contributed by atoms with van der Waals surface area (Å²) < 4.78 is 8.44. The molecule has 0 amide bonds. The van der Waals surface area contributed by atoms with Crippen LogP contribution in [0.3, 0.4) is 0 Å². The zero-order valence-corrected chi connectivity index (χ0v) is 13.5. The average molecular weight is 322 g/mol. The molecule has 0 fully saturated rings. The molecule has 1 aromatic heterocycles. The molecule has 0 bridgehead atoms. The van der Waals surface area contributed by atoms with Crippen molar-refractivity contribution in [2.45, 2.75) is 25.8 Å². The first-order chi connectivity index (χ1) is 11.6. The summed E-state index contributed by atoms with van der Waals surface area (Å²) in [6.07, 6.45) is 3.27. The maximum absolute atomic E-state index is 12.3. The van der Waals surface area contributed by atoms with Crippen molar-refractivity contribution in [1.82, 2.24) is 9.13 Å². The zero-order chi connectivity index (χ0) is 16.7. The third-order valence-electron chi connectivity index (χ3n) is 4.64. The predicted molar refractivity (Wildman–Crippen MR) is 91.3 cm³/mol. The second-order valence-corrected chi connectivity index (χ2v) is 6.17. The van der Waals surface area contributed by atoms with Gasteiger partial charge in [-0.05, 0) is 54.7 Å². The summed E-state index contributed by atoms with van der Waals surface area (Å²) in [6.45, 7) is -0.0999. The molecule has 0 N–H and O–H groups in total. The first-order valence-electron chi connectivity index (χ1n) is 8.10. The fourth-order valence-corrected chi connectivity index (χ4v) is 3.42. The predicted octanol–water partition coefficient (Wildman–Crippen LogP) is 2.43. The van der Waals surface area contributed by atoms with E-state index in [0.717, 1.165) is 30.3 Å². The Labute approximate surface area is 139 Å². The molecule has 0 radical (unpaired) electrons. The second-order valence-electron chi connectivity index (χ2n) is 6.17. The van der Waals surface area contributed by atoms with Crippen LogP contribution in [-0.4, -0.2) is 15.1 Å². The Morgan fingerprint density at radius 2 is 1.83 bits per heavy atom. The van der Waals surface area contributed by atoms with E-state index in [2.05, 4.69) is 0 Å². The molecule has 1 aliphatic carbocycles. The summed E-state index contributed by atoms with van der Waals surface area (Å²) in [5.41, 5.74) is 3.90. The Balaban J connectivity index is 1.59. The molecule has 5 heteroatoms. The number of para-hydroxylation sites is 2. The number of esters is 1. The number of rotatable bonds is 3. The van der Waals surface area contributed by atoms with E-state index in [0.29, 0.717) is 5.75 Å². The van der Waals surface area contributed by atoms with Crippen LogP contribution in [0.15, 0.2) is 47.3 Å². The van der Waals surface area contributed by atoms with Crippen molar-refractivity contribution >= 4 is 17.0 Å². The van der Waals surface area contributed by atoms with Crippen LogP contribution in [0.25, 0.3) is 11.0 Å². The van der Waals surface area contributed by atoms with Crippen molar-refractivity contribution in [3.8, 4) is 5.75 Å². The number of nitrogens with zero attached hydrogens (tertiary/aromatic N) is 2. The van der Waals surface area contributed by atoms with Gasteiger partial charge in [0.25, 0.3) is 0 Å². The van der Waals surface area contributed by atoms with Crippen LogP contribution in [0.5, 0.6) is 5.75 Å². The third kappa shape index (κ3) is 2.42. The lowest BCUT2D eigenvalue weighted by Gasteiger charge is -2.07. The molecule has 5 nitrogen and oxygen atoms in total.